The summed E-state index contributed by atoms with van der Waals surface area (Å²) >= 11 is 1.71. The molecule has 2 aliphatic heterocycles. The van der Waals surface area contributed by atoms with Crippen LogP contribution in [0, 0.1) is 6.92 Å². The molecule has 0 bridgehead atoms. The van der Waals surface area contributed by atoms with E-state index in [-0.39, 0.29) is 5.41 Å². The molecule has 0 unspecified atom stereocenters. The lowest BCUT2D eigenvalue weighted by molar-refractivity contribution is -0.192. The molecular weight excluding hydrogens is 439 g/mol. The lowest BCUT2D eigenvalue weighted by Crippen LogP contribution is -2.46. The zero-order chi connectivity index (χ0) is 23.0. The Hall–Kier alpha value is -2.54. The highest BCUT2D eigenvalue weighted by Crippen LogP contribution is 2.41. The van der Waals surface area contributed by atoms with Crippen molar-refractivity contribution < 1.29 is 23.1 Å². The summed E-state index contributed by atoms with van der Waals surface area (Å²) in [5, 5.41) is 14.8. The average Bonchev–Trinajstić information content (AvgIpc) is 3.26. The van der Waals surface area contributed by atoms with Gasteiger partial charge in [0, 0.05) is 30.1 Å². The number of carbonyl (C=O) groups is 1. The minimum atomic E-state index is -5.08. The van der Waals surface area contributed by atoms with E-state index >= 15 is 0 Å². The van der Waals surface area contributed by atoms with Crippen LogP contribution in [-0.2, 0) is 30.3 Å². The van der Waals surface area contributed by atoms with E-state index in [1.54, 1.807) is 23.0 Å². The number of hydrogen-bond donors (Lipinski definition) is 1. The van der Waals surface area contributed by atoms with E-state index in [1.165, 1.54) is 4.68 Å². The van der Waals surface area contributed by atoms with Crippen LogP contribution < -0.4 is 11.1 Å². The summed E-state index contributed by atoms with van der Waals surface area (Å²) in [5.74, 6) is -1.95. The van der Waals surface area contributed by atoms with Crippen molar-refractivity contribution in [3.8, 4) is 0 Å². The fraction of sp³-hybridized carbons (Fsp3) is 0.611. The number of halogens is 3. The fourth-order valence-corrected chi connectivity index (χ4v) is 4.72. The van der Waals surface area contributed by atoms with Gasteiger partial charge in [0.25, 0.3) is 0 Å². The van der Waals surface area contributed by atoms with Gasteiger partial charge in [0.05, 0.1) is 6.54 Å². The Morgan fingerprint density at radius 3 is 2.29 bits per heavy atom. The zero-order valence-electron chi connectivity index (χ0n) is 17.0. The van der Waals surface area contributed by atoms with Gasteiger partial charge in [-0.1, -0.05) is 0 Å². The van der Waals surface area contributed by atoms with Crippen LogP contribution in [-0.4, -0.2) is 54.6 Å². The predicted octanol–water partition coefficient (Wildman–Crippen LogP) is 1.28. The average molecular weight is 461 g/mol. The van der Waals surface area contributed by atoms with E-state index in [1.807, 2.05) is 6.92 Å². The molecule has 0 radical (unpaired) electrons. The monoisotopic (exact) mass is 461 g/mol. The number of fused-ring (bicyclic) bond motifs is 2. The molecule has 1 N–H and O–H groups in total. The standard InChI is InChI=1S/C16H21N5O2S.C2HF3O2/c1-11-10-24-12(17-11)9-20-6-3-16(4-7-20)5-8-21-14(23)13(22)19(2)18-15(16)21;3-2(4,5)1(6)7/h10H,3-9H2,1-2H3;(H,6,7). The smallest absolute Gasteiger partial charge is 0.475 e. The minimum Gasteiger partial charge on any atom is -0.475 e. The number of hydrogen-bond acceptors (Lipinski definition) is 7. The summed E-state index contributed by atoms with van der Waals surface area (Å²) in [4.78, 5) is 39.9. The van der Waals surface area contributed by atoms with Crippen molar-refractivity contribution in [3.63, 3.8) is 0 Å². The molecule has 13 heteroatoms. The number of alkyl halides is 3. The number of nitrogens with zero attached hydrogens (tertiary/aromatic N) is 5. The van der Waals surface area contributed by atoms with E-state index in [0.29, 0.717) is 6.54 Å². The normalized spacial score (nSPS) is 17.8. The van der Waals surface area contributed by atoms with Crippen molar-refractivity contribution in [1.82, 2.24) is 24.2 Å². The van der Waals surface area contributed by atoms with Crippen molar-refractivity contribution in [1.29, 1.82) is 0 Å². The molecule has 9 nitrogen and oxygen atoms in total. The van der Waals surface area contributed by atoms with E-state index in [4.69, 9.17) is 9.90 Å². The lowest BCUT2D eigenvalue weighted by Gasteiger charge is -2.38. The summed E-state index contributed by atoms with van der Waals surface area (Å²) in [7, 11) is 1.57. The summed E-state index contributed by atoms with van der Waals surface area (Å²) < 4.78 is 34.5. The maximum atomic E-state index is 12.2. The molecule has 0 saturated carbocycles. The van der Waals surface area contributed by atoms with E-state index in [0.717, 1.165) is 55.4 Å². The van der Waals surface area contributed by atoms with Crippen LogP contribution in [0.2, 0.25) is 0 Å². The number of piperidine rings is 1. The van der Waals surface area contributed by atoms with Gasteiger partial charge in [-0.05, 0) is 39.3 Å². The Balaban J connectivity index is 0.000000339. The van der Waals surface area contributed by atoms with Gasteiger partial charge in [0.15, 0.2) is 0 Å². The highest BCUT2D eigenvalue weighted by Gasteiger charge is 2.44. The van der Waals surface area contributed by atoms with Crippen LogP contribution in [0.3, 0.4) is 0 Å². The topological polar surface area (TPSA) is 110 Å². The van der Waals surface area contributed by atoms with Crippen molar-refractivity contribution in [2.45, 2.75) is 50.9 Å². The number of aryl methyl sites for hydroxylation is 2. The molecule has 2 aliphatic rings. The van der Waals surface area contributed by atoms with Crippen molar-refractivity contribution in [3.05, 3.63) is 42.6 Å². The largest absolute Gasteiger partial charge is 0.490 e. The first-order valence-electron chi connectivity index (χ1n) is 9.55. The van der Waals surface area contributed by atoms with Gasteiger partial charge in [-0.3, -0.25) is 19.1 Å². The first kappa shape index (κ1) is 23.1. The molecule has 0 atom stereocenters. The Morgan fingerprint density at radius 2 is 1.77 bits per heavy atom. The third-order valence-electron chi connectivity index (χ3n) is 5.59. The van der Waals surface area contributed by atoms with Crippen LogP contribution in [0.4, 0.5) is 13.2 Å². The number of aromatic nitrogens is 4. The number of rotatable bonds is 2. The van der Waals surface area contributed by atoms with Crippen LogP contribution in [0.1, 0.15) is 35.8 Å². The maximum Gasteiger partial charge on any atom is 0.490 e. The molecule has 4 rings (SSSR count). The van der Waals surface area contributed by atoms with Crippen LogP contribution in [0.25, 0.3) is 0 Å². The fourth-order valence-electron chi connectivity index (χ4n) is 3.91. The molecule has 1 fully saturated rings. The zero-order valence-corrected chi connectivity index (χ0v) is 17.8. The van der Waals surface area contributed by atoms with Gasteiger partial charge in [0.1, 0.15) is 10.8 Å². The second-order valence-corrected chi connectivity index (χ2v) is 8.64. The van der Waals surface area contributed by atoms with E-state index in [2.05, 4.69) is 20.4 Å². The second kappa shape index (κ2) is 8.54. The number of carboxylic acid groups (broad SMARTS) is 1. The molecule has 4 heterocycles. The van der Waals surface area contributed by atoms with Crippen LogP contribution in [0.5, 0.6) is 0 Å². The van der Waals surface area contributed by atoms with E-state index in [9.17, 15) is 22.8 Å². The Kier molecular flexibility index (Phi) is 6.37. The molecule has 31 heavy (non-hydrogen) atoms. The van der Waals surface area contributed by atoms with Gasteiger partial charge >= 0.3 is 23.3 Å². The summed E-state index contributed by atoms with van der Waals surface area (Å²) in [6.07, 6.45) is -2.23. The number of thiazole rings is 1. The highest BCUT2D eigenvalue weighted by molar-refractivity contribution is 7.09. The molecule has 2 aromatic heterocycles. The molecule has 0 aliphatic carbocycles. The van der Waals surface area contributed by atoms with Gasteiger partial charge in [-0.15, -0.1) is 11.3 Å². The van der Waals surface area contributed by atoms with Gasteiger partial charge in [0.2, 0.25) is 0 Å². The number of carboxylic acids is 1. The van der Waals surface area contributed by atoms with Gasteiger partial charge in [-0.2, -0.15) is 18.3 Å². The summed E-state index contributed by atoms with van der Waals surface area (Å²) in [6, 6.07) is 0. The van der Waals surface area contributed by atoms with Crippen molar-refractivity contribution in [2.24, 2.45) is 7.05 Å². The van der Waals surface area contributed by atoms with Crippen molar-refractivity contribution >= 4 is 17.3 Å². The third-order valence-corrected chi connectivity index (χ3v) is 6.54. The molecule has 1 saturated heterocycles. The first-order valence-corrected chi connectivity index (χ1v) is 10.4. The highest BCUT2D eigenvalue weighted by atomic mass is 32.1. The molecule has 0 aromatic carbocycles. The van der Waals surface area contributed by atoms with Crippen LogP contribution >= 0.6 is 11.3 Å². The van der Waals surface area contributed by atoms with Gasteiger partial charge < -0.3 is 5.11 Å². The first-order chi connectivity index (χ1) is 14.4. The summed E-state index contributed by atoms with van der Waals surface area (Å²) in [6.45, 7) is 5.47. The van der Waals surface area contributed by atoms with Crippen LogP contribution in [0.15, 0.2) is 15.0 Å². The number of aliphatic carboxylic acids is 1. The molecule has 170 valence electrons. The predicted molar refractivity (Wildman–Crippen MR) is 105 cm³/mol. The Bertz CT molecular complexity index is 1080. The lowest BCUT2D eigenvalue weighted by atomic mass is 9.77. The number of likely N-dealkylation sites (tertiary alicyclic amines) is 1. The van der Waals surface area contributed by atoms with E-state index < -0.39 is 23.3 Å². The maximum absolute atomic E-state index is 12.2. The minimum absolute atomic E-state index is 0.0556. The molecule has 1 spiro atoms. The van der Waals surface area contributed by atoms with Gasteiger partial charge in [-0.25, -0.2) is 14.5 Å². The van der Waals surface area contributed by atoms with Crippen molar-refractivity contribution in [2.75, 3.05) is 13.1 Å². The Labute approximate surface area is 178 Å². The summed E-state index contributed by atoms with van der Waals surface area (Å²) in [5.41, 5.74) is 0.0602. The Morgan fingerprint density at radius 1 is 1.19 bits per heavy atom. The SMILES string of the molecule is Cc1csc(CN2CCC3(CC2)CCn2c3nn(C)c(=O)c2=O)n1.O=C(O)C(F)(F)F. The second-order valence-electron chi connectivity index (χ2n) is 7.70. The quantitative estimate of drug-likeness (QED) is 0.671. The third kappa shape index (κ3) is 4.87. The molecular formula is C18H22F3N5O4S. The molecule has 0 amide bonds. The molecule has 2 aromatic rings.